The second-order valence-corrected chi connectivity index (χ2v) is 7.68. The lowest BCUT2D eigenvalue weighted by Gasteiger charge is -2.30. The van der Waals surface area contributed by atoms with Gasteiger partial charge in [-0.1, -0.05) is 18.2 Å². The summed E-state index contributed by atoms with van der Waals surface area (Å²) in [7, 11) is 3.89. The van der Waals surface area contributed by atoms with Crippen LogP contribution in [-0.2, 0) is 17.6 Å². The van der Waals surface area contributed by atoms with Crippen molar-refractivity contribution in [3.05, 3.63) is 58.7 Å². The molecule has 1 atom stereocenters. The monoisotopic (exact) mass is 379 g/mol. The molecule has 2 aromatic carbocycles. The minimum absolute atomic E-state index is 0.370. The summed E-state index contributed by atoms with van der Waals surface area (Å²) < 4.78 is 10.6. The van der Waals surface area contributed by atoms with Gasteiger partial charge in [0.05, 0.1) is 12.7 Å². The molecule has 146 valence electrons. The Morgan fingerprint density at radius 1 is 1.21 bits per heavy atom. The summed E-state index contributed by atoms with van der Waals surface area (Å²) in [5.74, 6) is 0.582. The fourth-order valence-corrected chi connectivity index (χ4v) is 4.33. The number of carbonyl (C=O) groups excluding carboxylic acids is 2. The number of benzene rings is 2. The summed E-state index contributed by atoms with van der Waals surface area (Å²) in [6, 6.07) is 11.8. The first-order valence-corrected chi connectivity index (χ1v) is 9.80. The Morgan fingerprint density at radius 3 is 2.89 bits per heavy atom. The summed E-state index contributed by atoms with van der Waals surface area (Å²) in [5, 5.41) is 0. The number of ketones is 1. The third kappa shape index (κ3) is 3.54. The largest absolute Gasteiger partial charge is 0.496 e. The van der Waals surface area contributed by atoms with Crippen LogP contribution in [-0.4, -0.2) is 43.9 Å². The number of carbonyl (C=O) groups is 2. The van der Waals surface area contributed by atoms with E-state index in [2.05, 4.69) is 30.1 Å². The van der Waals surface area contributed by atoms with Gasteiger partial charge >= 0.3 is 5.97 Å². The molecule has 0 saturated carbocycles. The fourth-order valence-electron chi connectivity index (χ4n) is 4.33. The Balaban J connectivity index is 1.39. The second kappa shape index (κ2) is 7.76. The van der Waals surface area contributed by atoms with Gasteiger partial charge < -0.3 is 14.4 Å². The van der Waals surface area contributed by atoms with Crippen LogP contribution < -0.4 is 9.47 Å². The van der Waals surface area contributed by atoms with E-state index < -0.39 is 11.8 Å². The molecule has 2 aromatic rings. The van der Waals surface area contributed by atoms with E-state index in [0.717, 1.165) is 37.2 Å². The van der Waals surface area contributed by atoms with Gasteiger partial charge in [0.1, 0.15) is 11.5 Å². The Kier molecular flexibility index (Phi) is 5.18. The maximum Gasteiger partial charge on any atom is 0.385 e. The summed E-state index contributed by atoms with van der Waals surface area (Å²) in [5.41, 5.74) is 4.22. The molecule has 1 aliphatic carbocycles. The van der Waals surface area contributed by atoms with E-state index >= 15 is 0 Å². The normalized spacial score (nSPS) is 18.0. The molecular formula is C23H25NO4. The predicted molar refractivity (Wildman–Crippen MR) is 106 cm³/mol. The van der Waals surface area contributed by atoms with Crippen molar-refractivity contribution >= 4 is 11.8 Å². The van der Waals surface area contributed by atoms with Crippen LogP contribution in [0.1, 0.15) is 45.8 Å². The summed E-state index contributed by atoms with van der Waals surface area (Å²) in [4.78, 5) is 25.4. The molecule has 0 radical (unpaired) electrons. The number of rotatable bonds is 6. The average molecular weight is 379 g/mol. The van der Waals surface area contributed by atoms with E-state index in [0.29, 0.717) is 17.2 Å². The van der Waals surface area contributed by atoms with Gasteiger partial charge in [-0.25, -0.2) is 4.79 Å². The van der Waals surface area contributed by atoms with Gasteiger partial charge in [0.15, 0.2) is 0 Å². The zero-order chi connectivity index (χ0) is 19.7. The minimum atomic E-state index is -0.782. The molecule has 28 heavy (non-hydrogen) atoms. The zero-order valence-corrected chi connectivity index (χ0v) is 16.4. The van der Waals surface area contributed by atoms with Crippen LogP contribution in [0.4, 0.5) is 0 Å². The van der Waals surface area contributed by atoms with E-state index in [1.54, 1.807) is 13.2 Å². The van der Waals surface area contributed by atoms with Crippen molar-refractivity contribution in [2.75, 3.05) is 27.2 Å². The van der Waals surface area contributed by atoms with Crippen LogP contribution in [0, 0.1) is 0 Å². The third-order valence-corrected chi connectivity index (χ3v) is 5.80. The lowest BCUT2D eigenvalue weighted by Crippen LogP contribution is -2.28. The Hall–Kier alpha value is -2.66. The van der Waals surface area contributed by atoms with E-state index in [9.17, 15) is 9.59 Å². The molecule has 0 saturated heterocycles. The number of hydrogen-bond donors (Lipinski definition) is 0. The molecule has 5 nitrogen and oxygen atoms in total. The van der Waals surface area contributed by atoms with Gasteiger partial charge in [-0.05, 0) is 73.5 Å². The lowest BCUT2D eigenvalue weighted by molar-refractivity contribution is -0.128. The van der Waals surface area contributed by atoms with Crippen molar-refractivity contribution in [1.29, 1.82) is 0 Å². The van der Waals surface area contributed by atoms with Crippen LogP contribution in [0.2, 0.25) is 0 Å². The number of fused-ring (bicyclic) bond motifs is 2. The number of ether oxygens (including phenoxy) is 2. The molecule has 0 bridgehead atoms. The van der Waals surface area contributed by atoms with Gasteiger partial charge in [0.25, 0.3) is 5.78 Å². The first-order chi connectivity index (χ1) is 13.6. The van der Waals surface area contributed by atoms with Crippen LogP contribution in [0.3, 0.4) is 0 Å². The molecular weight excluding hydrogens is 354 g/mol. The number of likely N-dealkylation sites (N-methyl/N-ethyl adjacent to an activating group) is 1. The Labute approximate surface area is 165 Å². The third-order valence-electron chi connectivity index (χ3n) is 5.80. The highest BCUT2D eigenvalue weighted by molar-refractivity contribution is 6.44. The fraction of sp³-hybridized carbons (Fsp3) is 0.391. The SMILES string of the molecule is COc1cccc2c1CCCC2CN(C)CCc1ccc2c(c1)OC(=O)C2=O. The minimum Gasteiger partial charge on any atom is -0.496 e. The van der Waals surface area contributed by atoms with Crippen LogP contribution in [0.5, 0.6) is 11.5 Å². The molecule has 0 aromatic heterocycles. The highest BCUT2D eigenvalue weighted by Gasteiger charge is 2.30. The maximum atomic E-state index is 11.7. The molecule has 1 aliphatic heterocycles. The number of methoxy groups -OCH3 is 1. The van der Waals surface area contributed by atoms with Gasteiger partial charge in [0, 0.05) is 13.1 Å². The zero-order valence-electron chi connectivity index (χ0n) is 16.4. The van der Waals surface area contributed by atoms with E-state index in [4.69, 9.17) is 9.47 Å². The molecule has 4 rings (SSSR count). The molecule has 1 unspecified atom stereocenters. The lowest BCUT2D eigenvalue weighted by atomic mass is 9.82. The van der Waals surface area contributed by atoms with Crippen molar-refractivity contribution in [1.82, 2.24) is 4.90 Å². The summed E-state index contributed by atoms with van der Waals surface area (Å²) in [6.45, 7) is 1.90. The first-order valence-electron chi connectivity index (χ1n) is 9.80. The Bertz CT molecular complexity index is 921. The van der Waals surface area contributed by atoms with Crippen molar-refractivity contribution in [3.63, 3.8) is 0 Å². The van der Waals surface area contributed by atoms with Gasteiger partial charge in [-0.15, -0.1) is 0 Å². The van der Waals surface area contributed by atoms with Gasteiger partial charge in [-0.3, -0.25) is 4.79 Å². The highest BCUT2D eigenvalue weighted by Crippen LogP contribution is 2.37. The molecule has 0 amide bonds. The van der Waals surface area contributed by atoms with Gasteiger partial charge in [0.2, 0.25) is 0 Å². The number of nitrogens with zero attached hydrogens (tertiary/aromatic N) is 1. The molecule has 0 spiro atoms. The van der Waals surface area contributed by atoms with E-state index in [1.165, 1.54) is 24.0 Å². The highest BCUT2D eigenvalue weighted by atomic mass is 16.5. The molecule has 0 N–H and O–H groups in total. The van der Waals surface area contributed by atoms with Crippen LogP contribution in [0.25, 0.3) is 0 Å². The number of hydrogen-bond acceptors (Lipinski definition) is 5. The first kappa shape index (κ1) is 18.7. The second-order valence-electron chi connectivity index (χ2n) is 7.68. The quantitative estimate of drug-likeness (QED) is 0.437. The van der Waals surface area contributed by atoms with Gasteiger partial charge in [-0.2, -0.15) is 0 Å². The standard InChI is InChI=1S/C23H25NO4/c1-24(12-11-15-9-10-19-21(13-15)28-23(26)22(19)25)14-16-5-3-7-18-17(16)6-4-8-20(18)27-2/h4,6,8-10,13,16H,3,5,7,11-12,14H2,1-2H3. The molecule has 5 heteroatoms. The predicted octanol–water partition coefficient (Wildman–Crippen LogP) is 3.39. The number of esters is 1. The smallest absolute Gasteiger partial charge is 0.385 e. The van der Waals surface area contributed by atoms with E-state index in [1.807, 2.05) is 12.1 Å². The van der Waals surface area contributed by atoms with Crippen LogP contribution >= 0.6 is 0 Å². The maximum absolute atomic E-state index is 11.7. The molecule has 2 aliphatic rings. The summed E-state index contributed by atoms with van der Waals surface area (Å²) in [6.07, 6.45) is 4.32. The van der Waals surface area contributed by atoms with Crippen molar-refractivity contribution in [3.8, 4) is 11.5 Å². The van der Waals surface area contributed by atoms with E-state index in [-0.39, 0.29) is 0 Å². The molecule has 0 fully saturated rings. The molecule has 1 heterocycles. The Morgan fingerprint density at radius 2 is 2.07 bits per heavy atom. The van der Waals surface area contributed by atoms with Crippen molar-refractivity contribution in [2.45, 2.75) is 31.6 Å². The number of Topliss-reactive ketones (excluding diaryl/α,β-unsaturated/α-hetero) is 1. The van der Waals surface area contributed by atoms with Crippen molar-refractivity contribution in [2.24, 2.45) is 0 Å². The average Bonchev–Trinajstić information content (AvgIpc) is 2.99. The van der Waals surface area contributed by atoms with Crippen molar-refractivity contribution < 1.29 is 19.1 Å². The summed E-state index contributed by atoms with van der Waals surface area (Å²) >= 11 is 0. The topological polar surface area (TPSA) is 55.8 Å². The van der Waals surface area contributed by atoms with Crippen LogP contribution in [0.15, 0.2) is 36.4 Å².